The van der Waals surface area contributed by atoms with Crippen LogP contribution in [0.1, 0.15) is 38.5 Å². The number of nitrogens with one attached hydrogen (secondary N) is 1. The SMILES string of the molecule is COc1ccc(NC2CCCCCC2)cc1Cl. The van der Waals surface area contributed by atoms with Crippen molar-refractivity contribution in [3.05, 3.63) is 23.2 Å². The quantitative estimate of drug-likeness (QED) is 0.802. The predicted octanol–water partition coefficient (Wildman–Crippen LogP) is 4.48. The van der Waals surface area contributed by atoms with Crippen molar-refractivity contribution in [3.63, 3.8) is 0 Å². The summed E-state index contributed by atoms with van der Waals surface area (Å²) in [6.45, 7) is 0. The Morgan fingerprint density at radius 1 is 1.18 bits per heavy atom. The van der Waals surface area contributed by atoms with Gasteiger partial charge in [0, 0.05) is 11.7 Å². The zero-order valence-electron chi connectivity index (χ0n) is 10.3. The molecule has 1 fully saturated rings. The van der Waals surface area contributed by atoms with E-state index in [1.807, 2.05) is 18.2 Å². The van der Waals surface area contributed by atoms with Crippen molar-refractivity contribution in [1.29, 1.82) is 0 Å². The van der Waals surface area contributed by atoms with Crippen molar-refractivity contribution in [2.24, 2.45) is 0 Å². The summed E-state index contributed by atoms with van der Waals surface area (Å²) < 4.78 is 5.15. The minimum Gasteiger partial charge on any atom is -0.495 e. The van der Waals surface area contributed by atoms with E-state index in [-0.39, 0.29) is 0 Å². The van der Waals surface area contributed by atoms with Crippen molar-refractivity contribution >= 4 is 17.3 Å². The number of methoxy groups -OCH3 is 1. The van der Waals surface area contributed by atoms with Gasteiger partial charge in [-0.2, -0.15) is 0 Å². The van der Waals surface area contributed by atoms with Crippen LogP contribution >= 0.6 is 11.6 Å². The first kappa shape index (κ1) is 12.6. The van der Waals surface area contributed by atoms with E-state index < -0.39 is 0 Å². The highest BCUT2D eigenvalue weighted by Crippen LogP contribution is 2.28. The Morgan fingerprint density at radius 3 is 2.47 bits per heavy atom. The highest BCUT2D eigenvalue weighted by atomic mass is 35.5. The van der Waals surface area contributed by atoms with Gasteiger partial charge in [-0.15, -0.1) is 0 Å². The number of hydrogen-bond donors (Lipinski definition) is 1. The van der Waals surface area contributed by atoms with Crippen LogP contribution in [0.5, 0.6) is 5.75 Å². The zero-order chi connectivity index (χ0) is 12.1. The van der Waals surface area contributed by atoms with Gasteiger partial charge in [0.25, 0.3) is 0 Å². The molecular formula is C14H20ClNO. The Kier molecular flexibility index (Phi) is 4.55. The fourth-order valence-corrected chi connectivity index (χ4v) is 2.67. The number of hydrogen-bond acceptors (Lipinski definition) is 2. The maximum atomic E-state index is 6.11. The molecule has 0 saturated heterocycles. The lowest BCUT2D eigenvalue weighted by molar-refractivity contribution is 0.415. The van der Waals surface area contributed by atoms with Gasteiger partial charge in [0.2, 0.25) is 0 Å². The van der Waals surface area contributed by atoms with Crippen molar-refractivity contribution < 1.29 is 4.74 Å². The van der Waals surface area contributed by atoms with Gasteiger partial charge in [-0.25, -0.2) is 0 Å². The zero-order valence-corrected chi connectivity index (χ0v) is 11.1. The van der Waals surface area contributed by atoms with Crippen LogP contribution in [-0.2, 0) is 0 Å². The molecule has 0 amide bonds. The van der Waals surface area contributed by atoms with Crippen molar-refractivity contribution in [1.82, 2.24) is 0 Å². The molecule has 0 radical (unpaired) electrons. The van der Waals surface area contributed by atoms with Gasteiger partial charge < -0.3 is 10.1 Å². The molecule has 1 aromatic carbocycles. The molecule has 2 nitrogen and oxygen atoms in total. The summed E-state index contributed by atoms with van der Waals surface area (Å²) in [6, 6.07) is 6.50. The van der Waals surface area contributed by atoms with Crippen LogP contribution in [0.3, 0.4) is 0 Å². The lowest BCUT2D eigenvalue weighted by Gasteiger charge is -2.18. The van der Waals surface area contributed by atoms with Gasteiger partial charge in [-0.1, -0.05) is 37.3 Å². The van der Waals surface area contributed by atoms with Gasteiger partial charge in [0.1, 0.15) is 5.75 Å². The molecule has 1 saturated carbocycles. The van der Waals surface area contributed by atoms with E-state index >= 15 is 0 Å². The summed E-state index contributed by atoms with van der Waals surface area (Å²) in [5, 5.41) is 4.25. The molecule has 0 unspecified atom stereocenters. The molecule has 1 aliphatic carbocycles. The van der Waals surface area contributed by atoms with E-state index in [1.165, 1.54) is 38.5 Å². The predicted molar refractivity (Wildman–Crippen MR) is 73.1 cm³/mol. The second kappa shape index (κ2) is 6.15. The maximum absolute atomic E-state index is 6.11. The van der Waals surface area contributed by atoms with Crippen molar-refractivity contribution in [2.75, 3.05) is 12.4 Å². The maximum Gasteiger partial charge on any atom is 0.137 e. The number of benzene rings is 1. The van der Waals surface area contributed by atoms with E-state index in [9.17, 15) is 0 Å². The molecule has 0 spiro atoms. The minimum atomic E-state index is 0.599. The smallest absolute Gasteiger partial charge is 0.137 e. The van der Waals surface area contributed by atoms with Gasteiger partial charge in [-0.3, -0.25) is 0 Å². The normalized spacial score (nSPS) is 17.5. The molecule has 0 bridgehead atoms. The van der Waals surface area contributed by atoms with E-state index in [0.29, 0.717) is 11.1 Å². The first-order chi connectivity index (χ1) is 8.29. The number of rotatable bonds is 3. The first-order valence-corrected chi connectivity index (χ1v) is 6.77. The Hall–Kier alpha value is -0.890. The Balaban J connectivity index is 1.99. The van der Waals surface area contributed by atoms with E-state index in [1.54, 1.807) is 7.11 Å². The topological polar surface area (TPSA) is 21.3 Å². The third-order valence-corrected chi connectivity index (χ3v) is 3.67. The minimum absolute atomic E-state index is 0.599. The molecule has 0 atom stereocenters. The van der Waals surface area contributed by atoms with Crippen LogP contribution in [0.4, 0.5) is 5.69 Å². The summed E-state index contributed by atoms with van der Waals surface area (Å²) in [4.78, 5) is 0. The second-order valence-corrected chi connectivity index (χ2v) is 5.09. The van der Waals surface area contributed by atoms with E-state index in [0.717, 1.165) is 11.4 Å². The number of anilines is 1. The molecule has 0 aromatic heterocycles. The van der Waals surface area contributed by atoms with E-state index in [2.05, 4.69) is 5.32 Å². The summed E-state index contributed by atoms with van der Waals surface area (Å²) in [7, 11) is 1.64. The van der Waals surface area contributed by atoms with Gasteiger partial charge in [0.05, 0.1) is 12.1 Å². The molecule has 1 aromatic rings. The standard InChI is InChI=1S/C14H20ClNO/c1-17-14-9-8-12(10-13(14)15)16-11-6-4-2-3-5-7-11/h8-11,16H,2-7H2,1H3. The van der Waals surface area contributed by atoms with Crippen LogP contribution in [0.15, 0.2) is 18.2 Å². The van der Waals surface area contributed by atoms with Crippen LogP contribution in [0.25, 0.3) is 0 Å². The van der Waals surface area contributed by atoms with Crippen molar-refractivity contribution in [2.45, 2.75) is 44.6 Å². The highest BCUT2D eigenvalue weighted by molar-refractivity contribution is 6.32. The largest absolute Gasteiger partial charge is 0.495 e. The van der Waals surface area contributed by atoms with Crippen molar-refractivity contribution in [3.8, 4) is 5.75 Å². The van der Waals surface area contributed by atoms with Crippen LogP contribution in [-0.4, -0.2) is 13.2 Å². The van der Waals surface area contributed by atoms with E-state index in [4.69, 9.17) is 16.3 Å². The lowest BCUT2D eigenvalue weighted by Crippen LogP contribution is -2.18. The van der Waals surface area contributed by atoms with Gasteiger partial charge in [0.15, 0.2) is 0 Å². The molecule has 94 valence electrons. The third-order valence-electron chi connectivity index (χ3n) is 3.38. The van der Waals surface area contributed by atoms with Crippen LogP contribution in [0, 0.1) is 0 Å². The Bertz CT molecular complexity index is 359. The monoisotopic (exact) mass is 253 g/mol. The molecule has 0 heterocycles. The molecular weight excluding hydrogens is 234 g/mol. The molecule has 17 heavy (non-hydrogen) atoms. The lowest BCUT2D eigenvalue weighted by atomic mass is 10.1. The fraction of sp³-hybridized carbons (Fsp3) is 0.571. The molecule has 1 N–H and O–H groups in total. The Morgan fingerprint density at radius 2 is 1.88 bits per heavy atom. The summed E-state index contributed by atoms with van der Waals surface area (Å²) in [5.41, 5.74) is 1.10. The van der Waals surface area contributed by atoms with Gasteiger partial charge >= 0.3 is 0 Å². The van der Waals surface area contributed by atoms with Crippen LogP contribution < -0.4 is 10.1 Å². The fourth-order valence-electron chi connectivity index (χ4n) is 2.42. The second-order valence-electron chi connectivity index (χ2n) is 4.68. The number of ether oxygens (including phenoxy) is 1. The molecule has 3 heteroatoms. The molecule has 2 rings (SSSR count). The average molecular weight is 254 g/mol. The summed E-state index contributed by atoms with van der Waals surface area (Å²) in [5.74, 6) is 0.734. The highest BCUT2D eigenvalue weighted by Gasteiger charge is 2.12. The summed E-state index contributed by atoms with van der Waals surface area (Å²) in [6.07, 6.45) is 7.96. The Labute approximate surface area is 108 Å². The molecule has 0 aliphatic heterocycles. The molecule has 1 aliphatic rings. The average Bonchev–Trinajstić information content (AvgIpc) is 2.58. The first-order valence-electron chi connectivity index (χ1n) is 6.39. The van der Waals surface area contributed by atoms with Crippen LogP contribution in [0.2, 0.25) is 5.02 Å². The summed E-state index contributed by atoms with van der Waals surface area (Å²) >= 11 is 6.11. The number of halogens is 1. The van der Waals surface area contributed by atoms with Gasteiger partial charge in [-0.05, 0) is 31.0 Å². The third kappa shape index (κ3) is 3.53.